The predicted molar refractivity (Wildman–Crippen MR) is 62.7 cm³/mol. The van der Waals surface area contributed by atoms with E-state index in [0.29, 0.717) is 6.07 Å². The highest BCUT2D eigenvalue weighted by molar-refractivity contribution is 7.89. The highest BCUT2D eigenvalue weighted by atomic mass is 32.2. The summed E-state index contributed by atoms with van der Waals surface area (Å²) in [5.41, 5.74) is 5.19. The van der Waals surface area contributed by atoms with Gasteiger partial charge in [-0.2, -0.15) is 0 Å². The van der Waals surface area contributed by atoms with Gasteiger partial charge in [-0.3, -0.25) is 5.41 Å². The minimum absolute atomic E-state index is 0.228. The molecule has 4 N–H and O–H groups in total. The highest BCUT2D eigenvalue weighted by Gasteiger charge is 2.24. The van der Waals surface area contributed by atoms with Crippen LogP contribution in [0.25, 0.3) is 0 Å². The third-order valence-electron chi connectivity index (χ3n) is 2.26. The molecule has 0 radical (unpaired) electrons. The van der Waals surface area contributed by atoms with E-state index in [9.17, 15) is 17.2 Å². The van der Waals surface area contributed by atoms with Gasteiger partial charge in [0.05, 0.1) is 6.04 Å². The average Bonchev–Trinajstić information content (AvgIpc) is 2.28. The Morgan fingerprint density at radius 2 is 2.11 bits per heavy atom. The van der Waals surface area contributed by atoms with Crippen LogP contribution in [0.3, 0.4) is 0 Å². The Balaban J connectivity index is 3.14. The zero-order chi connectivity index (χ0) is 13.9. The summed E-state index contributed by atoms with van der Waals surface area (Å²) >= 11 is 0. The topological polar surface area (TPSA) is 96.0 Å². The molecule has 0 saturated heterocycles. The molecule has 0 amide bonds. The second kappa shape index (κ2) is 5.40. The Morgan fingerprint density at radius 3 is 2.61 bits per heavy atom. The summed E-state index contributed by atoms with van der Waals surface area (Å²) in [6.07, 6.45) is 0.228. The van der Waals surface area contributed by atoms with Gasteiger partial charge in [-0.1, -0.05) is 6.92 Å². The SMILES string of the molecule is CCC(NS(=O)(=O)c1cc(F)ccc1F)C(=N)N. The Kier molecular flexibility index (Phi) is 4.36. The van der Waals surface area contributed by atoms with Crippen molar-refractivity contribution < 1.29 is 17.2 Å². The van der Waals surface area contributed by atoms with Crippen LogP contribution in [0.5, 0.6) is 0 Å². The lowest BCUT2D eigenvalue weighted by Gasteiger charge is -2.15. The van der Waals surface area contributed by atoms with E-state index >= 15 is 0 Å². The summed E-state index contributed by atoms with van der Waals surface area (Å²) in [4.78, 5) is -0.804. The summed E-state index contributed by atoms with van der Waals surface area (Å²) in [5.74, 6) is -2.33. The molecule has 8 heteroatoms. The normalized spacial score (nSPS) is 13.3. The maximum absolute atomic E-state index is 13.3. The number of rotatable bonds is 5. The minimum atomic E-state index is -4.26. The van der Waals surface area contributed by atoms with Gasteiger partial charge < -0.3 is 5.73 Å². The number of hydrogen-bond acceptors (Lipinski definition) is 3. The van der Waals surface area contributed by atoms with Crippen LogP contribution in [0.15, 0.2) is 23.1 Å². The third-order valence-corrected chi connectivity index (χ3v) is 3.75. The number of amidine groups is 1. The smallest absolute Gasteiger partial charge is 0.244 e. The van der Waals surface area contributed by atoms with Gasteiger partial charge in [-0.15, -0.1) is 0 Å². The molecule has 100 valence electrons. The van der Waals surface area contributed by atoms with E-state index in [4.69, 9.17) is 11.1 Å². The zero-order valence-electron chi connectivity index (χ0n) is 9.57. The highest BCUT2D eigenvalue weighted by Crippen LogP contribution is 2.16. The fourth-order valence-corrected chi connectivity index (χ4v) is 2.69. The Bertz CT molecular complexity index is 560. The monoisotopic (exact) mass is 277 g/mol. The molecule has 0 aliphatic carbocycles. The fraction of sp³-hybridized carbons (Fsp3) is 0.300. The number of nitrogens with two attached hydrogens (primary N) is 1. The molecule has 0 aliphatic heterocycles. The Morgan fingerprint density at radius 1 is 1.50 bits per heavy atom. The largest absolute Gasteiger partial charge is 0.386 e. The standard InChI is InChI=1S/C10H13F2N3O2S/c1-2-8(10(13)14)15-18(16,17)9-5-6(11)3-4-7(9)12/h3-5,8,15H,2H2,1H3,(H3,13,14). The van der Waals surface area contributed by atoms with Crippen molar-refractivity contribution in [3.8, 4) is 0 Å². The Labute approximate surface area is 104 Å². The third kappa shape index (κ3) is 3.23. The van der Waals surface area contributed by atoms with Gasteiger partial charge >= 0.3 is 0 Å². The molecular weight excluding hydrogens is 264 g/mol. The second-order valence-corrected chi connectivity index (χ2v) is 5.29. The van der Waals surface area contributed by atoms with Crippen molar-refractivity contribution >= 4 is 15.9 Å². The van der Waals surface area contributed by atoms with Gasteiger partial charge in [0.25, 0.3) is 0 Å². The first kappa shape index (κ1) is 14.5. The van der Waals surface area contributed by atoms with Crippen molar-refractivity contribution in [3.63, 3.8) is 0 Å². The van der Waals surface area contributed by atoms with Gasteiger partial charge in [0.2, 0.25) is 10.0 Å². The van der Waals surface area contributed by atoms with E-state index in [0.717, 1.165) is 12.1 Å². The van der Waals surface area contributed by atoms with E-state index in [1.807, 2.05) is 4.72 Å². The summed E-state index contributed by atoms with van der Waals surface area (Å²) in [7, 11) is -4.26. The van der Waals surface area contributed by atoms with E-state index in [2.05, 4.69) is 0 Å². The number of benzene rings is 1. The molecule has 5 nitrogen and oxygen atoms in total. The van der Waals surface area contributed by atoms with Crippen LogP contribution >= 0.6 is 0 Å². The number of nitrogens with one attached hydrogen (secondary N) is 2. The number of hydrogen-bond donors (Lipinski definition) is 3. The van der Waals surface area contributed by atoms with Crippen LogP contribution < -0.4 is 10.5 Å². The summed E-state index contributed by atoms with van der Waals surface area (Å²) in [5, 5.41) is 7.17. The van der Waals surface area contributed by atoms with Crippen molar-refractivity contribution in [1.82, 2.24) is 4.72 Å². The molecule has 0 saturated carbocycles. The number of sulfonamides is 1. The van der Waals surface area contributed by atoms with E-state index in [1.54, 1.807) is 6.92 Å². The van der Waals surface area contributed by atoms with Gasteiger partial charge in [0.15, 0.2) is 0 Å². The van der Waals surface area contributed by atoms with Crippen LogP contribution in [0, 0.1) is 17.0 Å². The molecule has 0 spiro atoms. The molecule has 1 aromatic carbocycles. The molecule has 18 heavy (non-hydrogen) atoms. The first-order chi connectivity index (χ1) is 8.27. The zero-order valence-corrected chi connectivity index (χ0v) is 10.4. The maximum Gasteiger partial charge on any atom is 0.244 e. The molecule has 1 unspecified atom stereocenters. The second-order valence-electron chi connectivity index (χ2n) is 3.61. The molecule has 0 aliphatic rings. The molecule has 0 bridgehead atoms. The van der Waals surface area contributed by atoms with Crippen LogP contribution in [0.1, 0.15) is 13.3 Å². The first-order valence-corrected chi connectivity index (χ1v) is 6.57. The van der Waals surface area contributed by atoms with Gasteiger partial charge in [-0.05, 0) is 24.6 Å². The van der Waals surface area contributed by atoms with E-state index < -0.39 is 38.4 Å². The van der Waals surface area contributed by atoms with E-state index in [1.165, 1.54) is 0 Å². The first-order valence-electron chi connectivity index (χ1n) is 5.09. The molecule has 1 atom stereocenters. The van der Waals surface area contributed by atoms with Gasteiger partial charge in [0, 0.05) is 0 Å². The van der Waals surface area contributed by atoms with Crippen LogP contribution in [0.2, 0.25) is 0 Å². The lowest BCUT2D eigenvalue weighted by Crippen LogP contribution is -2.43. The van der Waals surface area contributed by atoms with Gasteiger partial charge in [-0.25, -0.2) is 21.9 Å². The lowest BCUT2D eigenvalue weighted by atomic mass is 10.2. The van der Waals surface area contributed by atoms with Gasteiger partial charge in [0.1, 0.15) is 22.4 Å². The molecular formula is C10H13F2N3O2S. The molecule has 0 heterocycles. The molecule has 0 fully saturated rings. The quantitative estimate of drug-likeness (QED) is 0.552. The maximum atomic E-state index is 13.3. The van der Waals surface area contributed by atoms with Crippen molar-refractivity contribution in [3.05, 3.63) is 29.8 Å². The van der Waals surface area contributed by atoms with Crippen LogP contribution in [-0.2, 0) is 10.0 Å². The van der Waals surface area contributed by atoms with Crippen LogP contribution in [0.4, 0.5) is 8.78 Å². The van der Waals surface area contributed by atoms with Crippen molar-refractivity contribution in [2.45, 2.75) is 24.3 Å². The summed E-state index contributed by atoms with van der Waals surface area (Å²) < 4.78 is 51.9. The van der Waals surface area contributed by atoms with Crippen molar-refractivity contribution in [2.24, 2.45) is 5.73 Å². The molecule has 0 aromatic heterocycles. The van der Waals surface area contributed by atoms with Crippen molar-refractivity contribution in [2.75, 3.05) is 0 Å². The number of halogens is 2. The fourth-order valence-electron chi connectivity index (χ4n) is 1.30. The Hall–Kier alpha value is -1.54. The average molecular weight is 277 g/mol. The predicted octanol–water partition coefficient (Wildman–Crippen LogP) is 0.958. The molecule has 1 aromatic rings. The summed E-state index contributed by atoms with van der Waals surface area (Å²) in [6, 6.07) is 1.16. The van der Waals surface area contributed by atoms with Crippen molar-refractivity contribution in [1.29, 1.82) is 5.41 Å². The summed E-state index contributed by atoms with van der Waals surface area (Å²) in [6.45, 7) is 1.61. The minimum Gasteiger partial charge on any atom is -0.386 e. The van der Waals surface area contributed by atoms with E-state index in [-0.39, 0.29) is 6.42 Å². The lowest BCUT2D eigenvalue weighted by molar-refractivity contribution is 0.540. The molecule has 1 rings (SSSR count). The van der Waals surface area contributed by atoms with Crippen LogP contribution in [-0.4, -0.2) is 20.3 Å².